The minimum atomic E-state index is -0.242. The van der Waals surface area contributed by atoms with Crippen LogP contribution in [0.15, 0.2) is 6.07 Å². The number of ketones is 1. The monoisotopic (exact) mass is 233 g/mol. The summed E-state index contributed by atoms with van der Waals surface area (Å²) in [6.07, 6.45) is 2.06. The molecule has 0 spiro atoms. The van der Waals surface area contributed by atoms with Crippen molar-refractivity contribution in [3.8, 4) is 11.5 Å². The normalized spacial score (nSPS) is 23.6. The molecule has 0 saturated carbocycles. The fourth-order valence-corrected chi connectivity index (χ4v) is 3.03. The van der Waals surface area contributed by atoms with E-state index < -0.39 is 0 Å². The first-order chi connectivity index (χ1) is 8.09. The number of nitrogens with zero attached hydrogens (tertiary/aromatic N) is 1. The number of carbonyl (C=O) groups excluding carboxylic acids is 1. The molecule has 3 rings (SSSR count). The topological polar surface area (TPSA) is 60.8 Å². The van der Waals surface area contributed by atoms with Crippen LogP contribution in [0.1, 0.15) is 40.4 Å². The standard InChI is InChI=1S/C13H15NO3/c1-14-5-4-7-6-10(16)13(17)12-9(15)3-2-8(14)11(7)12/h6,8,16-17H,2-5H2,1H3. The third kappa shape index (κ3) is 1.37. The summed E-state index contributed by atoms with van der Waals surface area (Å²) in [6.45, 7) is 0.926. The Bertz CT molecular complexity index is 510. The zero-order chi connectivity index (χ0) is 12.2. The molecular weight excluding hydrogens is 218 g/mol. The molecule has 1 unspecified atom stereocenters. The lowest BCUT2D eigenvalue weighted by atomic mass is 9.79. The van der Waals surface area contributed by atoms with Crippen LogP contribution in [0.25, 0.3) is 0 Å². The van der Waals surface area contributed by atoms with Crippen LogP contribution in [-0.2, 0) is 6.42 Å². The fourth-order valence-electron chi connectivity index (χ4n) is 3.03. The van der Waals surface area contributed by atoms with Crippen LogP contribution in [0.5, 0.6) is 11.5 Å². The van der Waals surface area contributed by atoms with E-state index in [4.69, 9.17) is 0 Å². The maximum absolute atomic E-state index is 11.9. The summed E-state index contributed by atoms with van der Waals surface area (Å²) in [6, 6.07) is 1.81. The maximum atomic E-state index is 11.9. The van der Waals surface area contributed by atoms with Gasteiger partial charge in [0.15, 0.2) is 17.3 Å². The van der Waals surface area contributed by atoms with Crippen molar-refractivity contribution in [3.63, 3.8) is 0 Å². The van der Waals surface area contributed by atoms with Crippen LogP contribution in [0.4, 0.5) is 0 Å². The highest BCUT2D eigenvalue weighted by molar-refractivity contribution is 6.02. The number of likely N-dealkylation sites (N-methyl/N-ethyl adjacent to an activating group) is 1. The summed E-state index contributed by atoms with van der Waals surface area (Å²) in [5, 5.41) is 19.5. The number of rotatable bonds is 0. The smallest absolute Gasteiger partial charge is 0.168 e. The van der Waals surface area contributed by atoms with E-state index in [0.717, 1.165) is 30.5 Å². The molecule has 0 saturated heterocycles. The van der Waals surface area contributed by atoms with Gasteiger partial charge in [0.25, 0.3) is 0 Å². The summed E-state index contributed by atoms with van der Waals surface area (Å²) in [7, 11) is 2.04. The second kappa shape index (κ2) is 3.47. The van der Waals surface area contributed by atoms with E-state index >= 15 is 0 Å². The Morgan fingerprint density at radius 3 is 2.88 bits per heavy atom. The van der Waals surface area contributed by atoms with Crippen LogP contribution < -0.4 is 0 Å². The average Bonchev–Trinajstić information content (AvgIpc) is 2.30. The SMILES string of the molecule is CN1CCc2cc(O)c(O)c3c2C1CCC3=O. The lowest BCUT2D eigenvalue weighted by Gasteiger charge is -2.38. The average molecular weight is 233 g/mol. The zero-order valence-corrected chi connectivity index (χ0v) is 9.73. The quantitative estimate of drug-likeness (QED) is 0.668. The molecular formula is C13H15NO3. The van der Waals surface area contributed by atoms with Crippen molar-refractivity contribution in [1.29, 1.82) is 0 Å². The van der Waals surface area contributed by atoms with Crippen LogP contribution in [0.3, 0.4) is 0 Å². The lowest BCUT2D eigenvalue weighted by molar-refractivity contribution is 0.0930. The molecule has 1 aromatic carbocycles. The van der Waals surface area contributed by atoms with E-state index in [1.54, 1.807) is 6.07 Å². The highest BCUT2D eigenvalue weighted by Gasteiger charge is 2.36. The molecule has 0 radical (unpaired) electrons. The van der Waals surface area contributed by atoms with Crippen molar-refractivity contribution in [2.75, 3.05) is 13.6 Å². The van der Waals surface area contributed by atoms with Gasteiger partial charge in [0, 0.05) is 19.0 Å². The Hall–Kier alpha value is -1.55. The van der Waals surface area contributed by atoms with Gasteiger partial charge in [-0.05, 0) is 37.1 Å². The first kappa shape index (κ1) is 10.6. The molecule has 1 atom stereocenters. The Kier molecular flexibility index (Phi) is 2.16. The largest absolute Gasteiger partial charge is 0.504 e. The van der Waals surface area contributed by atoms with E-state index in [2.05, 4.69) is 4.90 Å². The number of hydrogen-bond donors (Lipinski definition) is 2. The molecule has 1 aliphatic heterocycles. The summed E-state index contributed by atoms with van der Waals surface area (Å²) in [5.74, 6) is -0.466. The Labute approximate surface area is 99.5 Å². The number of phenolic OH excluding ortho intramolecular Hbond substituents is 2. The van der Waals surface area contributed by atoms with E-state index in [-0.39, 0.29) is 23.3 Å². The van der Waals surface area contributed by atoms with Gasteiger partial charge in [-0.1, -0.05) is 0 Å². The van der Waals surface area contributed by atoms with Gasteiger partial charge in [-0.25, -0.2) is 0 Å². The van der Waals surface area contributed by atoms with Crippen molar-refractivity contribution in [2.24, 2.45) is 0 Å². The van der Waals surface area contributed by atoms with Gasteiger partial charge in [-0.2, -0.15) is 0 Å². The molecule has 0 fully saturated rings. The molecule has 1 heterocycles. The Morgan fingerprint density at radius 1 is 1.35 bits per heavy atom. The first-order valence-electron chi connectivity index (χ1n) is 5.90. The minimum absolute atomic E-state index is 0.0544. The number of Topliss-reactive ketones (excluding diaryl/α,β-unsaturated/α-hetero) is 1. The number of carbonyl (C=O) groups is 1. The Balaban J connectivity index is 2.30. The zero-order valence-electron chi connectivity index (χ0n) is 9.73. The van der Waals surface area contributed by atoms with Crippen LogP contribution in [0.2, 0.25) is 0 Å². The lowest BCUT2D eigenvalue weighted by Crippen LogP contribution is -2.36. The molecule has 1 aliphatic carbocycles. The molecule has 90 valence electrons. The third-order valence-corrected chi connectivity index (χ3v) is 3.93. The number of aromatic hydroxyl groups is 2. The summed E-state index contributed by atoms with van der Waals surface area (Å²) in [4.78, 5) is 14.1. The van der Waals surface area contributed by atoms with Crippen molar-refractivity contribution in [1.82, 2.24) is 4.90 Å². The highest BCUT2D eigenvalue weighted by atomic mass is 16.3. The predicted molar refractivity (Wildman–Crippen MR) is 62.4 cm³/mol. The predicted octanol–water partition coefficient (Wildman–Crippen LogP) is 1.60. The van der Waals surface area contributed by atoms with Gasteiger partial charge in [0.2, 0.25) is 0 Å². The molecule has 0 aromatic heterocycles. The molecule has 4 nitrogen and oxygen atoms in total. The van der Waals surface area contributed by atoms with Gasteiger partial charge in [0.05, 0.1) is 5.56 Å². The molecule has 4 heteroatoms. The van der Waals surface area contributed by atoms with E-state index in [1.165, 1.54) is 0 Å². The summed E-state index contributed by atoms with van der Waals surface area (Å²) >= 11 is 0. The molecule has 0 bridgehead atoms. The van der Waals surface area contributed by atoms with Crippen LogP contribution in [-0.4, -0.2) is 34.5 Å². The van der Waals surface area contributed by atoms with Gasteiger partial charge in [-0.3, -0.25) is 9.69 Å². The summed E-state index contributed by atoms with van der Waals surface area (Å²) in [5.41, 5.74) is 2.29. The van der Waals surface area contributed by atoms with Gasteiger partial charge in [0.1, 0.15) is 0 Å². The van der Waals surface area contributed by atoms with E-state index in [0.29, 0.717) is 12.0 Å². The second-order valence-corrected chi connectivity index (χ2v) is 4.90. The maximum Gasteiger partial charge on any atom is 0.168 e. The van der Waals surface area contributed by atoms with Gasteiger partial charge in [-0.15, -0.1) is 0 Å². The second-order valence-electron chi connectivity index (χ2n) is 4.90. The van der Waals surface area contributed by atoms with Crippen LogP contribution in [0, 0.1) is 0 Å². The van der Waals surface area contributed by atoms with Gasteiger partial charge < -0.3 is 10.2 Å². The molecule has 2 aliphatic rings. The molecule has 0 amide bonds. The van der Waals surface area contributed by atoms with Gasteiger partial charge >= 0.3 is 0 Å². The van der Waals surface area contributed by atoms with Crippen molar-refractivity contribution < 1.29 is 15.0 Å². The fraction of sp³-hybridized carbons (Fsp3) is 0.462. The molecule has 1 aromatic rings. The van der Waals surface area contributed by atoms with E-state index in [1.807, 2.05) is 7.05 Å². The minimum Gasteiger partial charge on any atom is -0.504 e. The summed E-state index contributed by atoms with van der Waals surface area (Å²) < 4.78 is 0. The number of benzene rings is 1. The number of phenols is 2. The molecule has 2 N–H and O–H groups in total. The van der Waals surface area contributed by atoms with Crippen molar-refractivity contribution >= 4 is 5.78 Å². The first-order valence-corrected chi connectivity index (χ1v) is 5.90. The molecule has 17 heavy (non-hydrogen) atoms. The van der Waals surface area contributed by atoms with Crippen LogP contribution >= 0.6 is 0 Å². The van der Waals surface area contributed by atoms with Crippen molar-refractivity contribution in [2.45, 2.75) is 25.3 Å². The third-order valence-electron chi connectivity index (χ3n) is 3.93. The number of hydrogen-bond acceptors (Lipinski definition) is 4. The highest BCUT2D eigenvalue weighted by Crippen LogP contribution is 2.45. The van der Waals surface area contributed by atoms with Crippen molar-refractivity contribution in [3.05, 3.63) is 22.8 Å². The van der Waals surface area contributed by atoms with E-state index in [9.17, 15) is 15.0 Å². The Morgan fingerprint density at radius 2 is 2.12 bits per heavy atom.